The van der Waals surface area contributed by atoms with E-state index in [1.165, 1.54) is 21.0 Å². The van der Waals surface area contributed by atoms with Crippen molar-refractivity contribution in [2.45, 2.75) is 46.3 Å². The van der Waals surface area contributed by atoms with Crippen LogP contribution in [-0.4, -0.2) is 42.4 Å². The molecule has 3 atom stereocenters. The first-order valence-electron chi connectivity index (χ1n) is 8.04. The third-order valence-electron chi connectivity index (χ3n) is 4.63. The molecule has 9 heteroatoms. The fourth-order valence-corrected chi connectivity index (χ4v) is 3.81. The Morgan fingerprint density at radius 2 is 1.80 bits per heavy atom. The van der Waals surface area contributed by atoms with Gasteiger partial charge in [-0.1, -0.05) is 13.8 Å². The van der Waals surface area contributed by atoms with Gasteiger partial charge in [-0.3, -0.25) is 19.0 Å². The number of hydrogen-bond donors (Lipinski definition) is 1. The molecule has 0 aliphatic rings. The molecule has 8 nitrogen and oxygen atoms in total. The quantitative estimate of drug-likeness (QED) is 0.710. The fourth-order valence-electron chi connectivity index (χ4n) is 2.49. The molecule has 142 valence electrons. The number of nitrogens with one attached hydrogen (secondary N) is 1. The molecule has 0 aliphatic carbocycles. The van der Waals surface area contributed by atoms with Crippen LogP contribution >= 0.6 is 0 Å². The first-order chi connectivity index (χ1) is 11.4. The van der Waals surface area contributed by atoms with Gasteiger partial charge in [0.1, 0.15) is 0 Å². The van der Waals surface area contributed by atoms with E-state index in [9.17, 15) is 18.0 Å². The number of carbonyl (C=O) groups excluding carboxylic acids is 2. The molecule has 1 amide bonds. The number of nitrogens with zero attached hydrogens (tertiary/aromatic N) is 2. The molecule has 0 unspecified atom stereocenters. The summed E-state index contributed by atoms with van der Waals surface area (Å²) in [6, 6.07) is 0. The van der Waals surface area contributed by atoms with Crippen LogP contribution in [0.1, 0.15) is 37.7 Å². The van der Waals surface area contributed by atoms with E-state index in [1.807, 2.05) is 20.9 Å². The number of amides is 1. The Labute approximate surface area is 149 Å². The van der Waals surface area contributed by atoms with Crippen LogP contribution in [0.25, 0.3) is 0 Å². The van der Waals surface area contributed by atoms with Crippen molar-refractivity contribution < 1.29 is 22.7 Å². The number of rotatable bonds is 7. The highest BCUT2D eigenvalue weighted by molar-refractivity contribution is 7.90. The highest BCUT2D eigenvalue weighted by Gasteiger charge is 2.34. The summed E-state index contributed by atoms with van der Waals surface area (Å²) in [5.74, 6) is -2.68. The molecule has 1 N–H and O–H groups in total. The number of methoxy groups -OCH3 is 1. The molecular weight excluding hydrogens is 346 g/mol. The van der Waals surface area contributed by atoms with Gasteiger partial charge in [-0.2, -0.15) is 5.10 Å². The Balaban J connectivity index is 2.84. The lowest BCUT2D eigenvalue weighted by Crippen LogP contribution is -2.44. The fraction of sp³-hybridized carbons (Fsp3) is 0.688. The Morgan fingerprint density at radius 3 is 2.24 bits per heavy atom. The average Bonchev–Trinajstić information content (AvgIpc) is 2.78. The van der Waals surface area contributed by atoms with Gasteiger partial charge in [-0.05, 0) is 32.8 Å². The number of hydrogen-bond acceptors (Lipinski definition) is 6. The molecular formula is C16H27N3O5S. The smallest absolute Gasteiger partial charge is 0.309 e. The minimum atomic E-state index is -3.99. The summed E-state index contributed by atoms with van der Waals surface area (Å²) < 4.78 is 33.1. The lowest BCUT2D eigenvalue weighted by molar-refractivity contribution is -0.144. The Morgan fingerprint density at radius 1 is 1.24 bits per heavy atom. The van der Waals surface area contributed by atoms with E-state index in [4.69, 9.17) is 0 Å². The van der Waals surface area contributed by atoms with Crippen molar-refractivity contribution in [2.75, 3.05) is 7.11 Å². The van der Waals surface area contributed by atoms with Crippen molar-refractivity contribution in [3.05, 3.63) is 17.0 Å². The van der Waals surface area contributed by atoms with Crippen LogP contribution in [-0.2, 0) is 37.8 Å². The predicted octanol–water partition coefficient (Wildman–Crippen LogP) is 0.859. The highest BCUT2D eigenvalue weighted by atomic mass is 32.2. The zero-order valence-corrected chi connectivity index (χ0v) is 16.6. The second-order valence-electron chi connectivity index (χ2n) is 6.41. The van der Waals surface area contributed by atoms with Crippen LogP contribution < -0.4 is 4.72 Å². The number of ether oxygens (including phenoxy) is 1. The number of aryl methyl sites for hydroxylation is 2. The maximum Gasteiger partial charge on any atom is 0.309 e. The molecule has 0 aliphatic heterocycles. The molecule has 0 bridgehead atoms. The summed E-state index contributed by atoms with van der Waals surface area (Å²) in [5.41, 5.74) is 2.68. The summed E-state index contributed by atoms with van der Waals surface area (Å²) in [5, 5.41) is 3.21. The van der Waals surface area contributed by atoms with E-state index in [0.717, 1.165) is 17.0 Å². The van der Waals surface area contributed by atoms with Gasteiger partial charge >= 0.3 is 5.97 Å². The van der Waals surface area contributed by atoms with Crippen molar-refractivity contribution in [3.63, 3.8) is 0 Å². The van der Waals surface area contributed by atoms with E-state index in [1.54, 1.807) is 11.6 Å². The van der Waals surface area contributed by atoms with Gasteiger partial charge in [0.2, 0.25) is 15.9 Å². The minimum absolute atomic E-state index is 0.383. The summed E-state index contributed by atoms with van der Waals surface area (Å²) in [6.07, 6.45) is 0.383. The molecule has 1 rings (SSSR count). The molecule has 0 saturated carbocycles. The molecule has 25 heavy (non-hydrogen) atoms. The number of esters is 1. The zero-order chi connectivity index (χ0) is 19.5. The van der Waals surface area contributed by atoms with Crippen LogP contribution in [0.15, 0.2) is 0 Å². The summed E-state index contributed by atoms with van der Waals surface area (Å²) >= 11 is 0. The Bertz CT molecular complexity index is 754. The molecule has 0 radical (unpaired) electrons. The maximum absolute atomic E-state index is 12.3. The van der Waals surface area contributed by atoms with Crippen molar-refractivity contribution >= 4 is 21.9 Å². The van der Waals surface area contributed by atoms with Crippen LogP contribution in [0.4, 0.5) is 0 Å². The lowest BCUT2D eigenvalue weighted by atomic mass is 9.99. The summed E-state index contributed by atoms with van der Waals surface area (Å²) in [6.45, 7) is 8.23. The van der Waals surface area contributed by atoms with Crippen LogP contribution in [0, 0.1) is 25.7 Å². The van der Waals surface area contributed by atoms with Gasteiger partial charge in [0.05, 0.1) is 24.0 Å². The van der Waals surface area contributed by atoms with Gasteiger partial charge in [-0.15, -0.1) is 0 Å². The molecule has 1 heterocycles. The van der Waals surface area contributed by atoms with Crippen molar-refractivity contribution in [1.29, 1.82) is 0 Å². The van der Waals surface area contributed by atoms with Crippen molar-refractivity contribution in [2.24, 2.45) is 18.9 Å². The third-order valence-corrected chi connectivity index (χ3v) is 6.50. The standard InChI is InChI=1S/C16H27N3O5S/c1-9(8-14-11(3)17-19(6)12(14)4)15(20)18-25(22,23)13(5)10(2)16(21)24-7/h9-10,13H,8H2,1-7H3,(H,18,20)/t9-,10-,13-/m1/s1. The van der Waals surface area contributed by atoms with E-state index in [-0.39, 0.29) is 0 Å². The summed E-state index contributed by atoms with van der Waals surface area (Å²) in [7, 11) is -0.979. The lowest BCUT2D eigenvalue weighted by Gasteiger charge is -2.20. The topological polar surface area (TPSA) is 107 Å². The minimum Gasteiger partial charge on any atom is -0.469 e. The van der Waals surface area contributed by atoms with Crippen LogP contribution in [0.5, 0.6) is 0 Å². The third kappa shape index (κ3) is 4.81. The first kappa shape index (κ1) is 21.1. The summed E-state index contributed by atoms with van der Waals surface area (Å²) in [4.78, 5) is 23.9. The van der Waals surface area contributed by atoms with Gasteiger partial charge in [-0.25, -0.2) is 8.42 Å². The number of sulfonamides is 1. The predicted molar refractivity (Wildman–Crippen MR) is 93.3 cm³/mol. The molecule has 0 spiro atoms. The maximum atomic E-state index is 12.3. The first-order valence-corrected chi connectivity index (χ1v) is 9.59. The number of aromatic nitrogens is 2. The van der Waals surface area contributed by atoms with E-state index in [0.29, 0.717) is 6.42 Å². The van der Waals surface area contributed by atoms with Crippen molar-refractivity contribution in [3.8, 4) is 0 Å². The molecule has 1 aromatic heterocycles. The van der Waals surface area contributed by atoms with Crippen LogP contribution in [0.3, 0.4) is 0 Å². The molecule has 0 saturated heterocycles. The van der Waals surface area contributed by atoms with E-state index < -0.39 is 39.0 Å². The van der Waals surface area contributed by atoms with Crippen LogP contribution in [0.2, 0.25) is 0 Å². The van der Waals surface area contributed by atoms with Gasteiger partial charge < -0.3 is 4.74 Å². The van der Waals surface area contributed by atoms with Gasteiger partial charge in [0, 0.05) is 18.7 Å². The Kier molecular flexibility index (Phi) is 6.75. The molecule has 0 fully saturated rings. The Hall–Kier alpha value is -1.90. The SMILES string of the molecule is COC(=O)[C@H](C)[C@@H](C)S(=O)(=O)NC(=O)[C@H](C)Cc1c(C)nn(C)c1C. The average molecular weight is 373 g/mol. The zero-order valence-electron chi connectivity index (χ0n) is 15.8. The second kappa shape index (κ2) is 7.99. The number of carbonyl (C=O) groups is 2. The van der Waals surface area contributed by atoms with Crippen molar-refractivity contribution in [1.82, 2.24) is 14.5 Å². The largest absolute Gasteiger partial charge is 0.469 e. The molecule has 0 aromatic carbocycles. The normalized spacial score (nSPS) is 15.3. The highest BCUT2D eigenvalue weighted by Crippen LogP contribution is 2.18. The van der Waals surface area contributed by atoms with E-state index >= 15 is 0 Å². The van der Waals surface area contributed by atoms with E-state index in [2.05, 4.69) is 14.6 Å². The van der Waals surface area contributed by atoms with Gasteiger partial charge in [0.15, 0.2) is 0 Å². The second-order valence-corrected chi connectivity index (χ2v) is 8.44. The molecule has 1 aromatic rings. The monoisotopic (exact) mass is 373 g/mol. The van der Waals surface area contributed by atoms with Gasteiger partial charge in [0.25, 0.3) is 0 Å².